The third kappa shape index (κ3) is 11.9. The van der Waals surface area contributed by atoms with Gasteiger partial charge in [-0.05, 0) is 33.6 Å². The molecule has 6 heteroatoms. The fourth-order valence-corrected chi connectivity index (χ4v) is 1.56. The first-order valence-corrected chi connectivity index (χ1v) is 8.49. The number of carbonyl (C=O) groups is 2. The first-order chi connectivity index (χ1) is 10.6. The predicted molar refractivity (Wildman–Crippen MR) is 93.4 cm³/mol. The van der Waals surface area contributed by atoms with Gasteiger partial charge in [0, 0.05) is 5.57 Å². The molecule has 0 saturated heterocycles. The molecular weight excluding hydrogens is 364 g/mol. The van der Waals surface area contributed by atoms with Crippen LogP contribution in [0.15, 0.2) is 24.5 Å². The summed E-state index contributed by atoms with van der Waals surface area (Å²) < 4.78 is 14.5. The third-order valence-electron chi connectivity index (χ3n) is 2.97. The van der Waals surface area contributed by atoms with Crippen LogP contribution < -0.4 is 0 Å². The van der Waals surface area contributed by atoms with Crippen LogP contribution in [0.2, 0.25) is 0 Å². The Hall–Kier alpha value is -1.30. The maximum Gasteiger partial charge on any atom is 0.516 e. The van der Waals surface area contributed by atoms with Gasteiger partial charge in [0.25, 0.3) is 0 Å². The molecule has 0 atom stereocenters. The quantitative estimate of drug-likeness (QED) is 0.125. The van der Waals surface area contributed by atoms with Crippen LogP contribution in [0.5, 0.6) is 0 Å². The molecule has 0 aliphatic carbocycles. The Balaban J connectivity index is 3.47. The maximum atomic E-state index is 11.1. The second-order valence-electron chi connectivity index (χ2n) is 5.78. The molecule has 0 aliphatic rings. The molecule has 5 nitrogen and oxygen atoms in total. The summed E-state index contributed by atoms with van der Waals surface area (Å²) in [5.41, 5.74) is 0.162. The summed E-state index contributed by atoms with van der Waals surface area (Å²) in [5, 5.41) is 0. The van der Waals surface area contributed by atoms with Crippen molar-refractivity contribution >= 4 is 28.1 Å². The van der Waals surface area contributed by atoms with Crippen LogP contribution >= 0.6 is 15.9 Å². The molecule has 0 rings (SSSR count). The van der Waals surface area contributed by atoms with Crippen LogP contribution in [0, 0.1) is 0 Å². The van der Waals surface area contributed by atoms with Crippen molar-refractivity contribution in [3.05, 3.63) is 24.5 Å². The van der Waals surface area contributed by atoms with E-state index in [4.69, 9.17) is 9.47 Å². The molecule has 0 aromatic heterocycles. The monoisotopic (exact) mass is 390 g/mol. The molecule has 0 spiro atoms. The molecule has 0 fully saturated rings. The van der Waals surface area contributed by atoms with Gasteiger partial charge in [0.15, 0.2) is 0 Å². The van der Waals surface area contributed by atoms with Crippen molar-refractivity contribution in [1.29, 1.82) is 0 Å². The number of allylic oxidation sites excluding steroid dienone is 1. The van der Waals surface area contributed by atoms with Crippen molar-refractivity contribution in [3.63, 3.8) is 0 Å². The Labute approximate surface area is 147 Å². The molecule has 0 aromatic carbocycles. The molecule has 0 unspecified atom stereocenters. The third-order valence-corrected chi connectivity index (χ3v) is 3.41. The molecule has 0 heterocycles. The minimum absolute atomic E-state index is 0.162. The van der Waals surface area contributed by atoms with Gasteiger partial charge in [0.1, 0.15) is 5.76 Å². The van der Waals surface area contributed by atoms with Gasteiger partial charge in [0.05, 0.1) is 17.5 Å². The summed E-state index contributed by atoms with van der Waals surface area (Å²) in [6, 6.07) is 0. The Morgan fingerprint density at radius 3 is 1.91 bits per heavy atom. The summed E-state index contributed by atoms with van der Waals surface area (Å²) in [6.07, 6.45) is 3.72. The number of ether oxygens (including phenoxy) is 3. The highest BCUT2D eigenvalue weighted by atomic mass is 79.9. The summed E-state index contributed by atoms with van der Waals surface area (Å²) >= 11 is 3.49. The van der Waals surface area contributed by atoms with Gasteiger partial charge in [0.2, 0.25) is 0 Å². The normalized spacial score (nSPS) is 10.8. The molecule has 23 heavy (non-hydrogen) atoms. The Morgan fingerprint density at radius 2 is 1.43 bits per heavy atom. The molecule has 0 aliphatic heterocycles. The van der Waals surface area contributed by atoms with Crippen LogP contribution in [0.3, 0.4) is 0 Å². The van der Waals surface area contributed by atoms with Gasteiger partial charge in [-0.3, -0.25) is 0 Å². The fraction of sp³-hybridized carbons (Fsp3) is 0.647. The molecule has 0 bridgehead atoms. The van der Waals surface area contributed by atoms with E-state index in [0.717, 1.165) is 37.9 Å². The van der Waals surface area contributed by atoms with Crippen LogP contribution in [-0.4, -0.2) is 29.7 Å². The highest BCUT2D eigenvalue weighted by Gasteiger charge is 2.18. The minimum atomic E-state index is -0.970. The Morgan fingerprint density at radius 1 is 0.957 bits per heavy atom. The van der Waals surface area contributed by atoms with E-state index in [9.17, 15) is 9.59 Å². The van der Waals surface area contributed by atoms with Crippen LogP contribution in [0.1, 0.15) is 52.9 Å². The van der Waals surface area contributed by atoms with E-state index in [1.165, 1.54) is 6.92 Å². The molecule has 0 aromatic rings. The van der Waals surface area contributed by atoms with E-state index in [-0.39, 0.29) is 16.5 Å². The van der Waals surface area contributed by atoms with Gasteiger partial charge in [-0.25, -0.2) is 9.59 Å². The number of hydrogen-bond acceptors (Lipinski definition) is 5. The van der Waals surface area contributed by atoms with Crippen molar-refractivity contribution in [2.45, 2.75) is 57.2 Å². The summed E-state index contributed by atoms with van der Waals surface area (Å²) in [7, 11) is 0. The lowest BCUT2D eigenvalue weighted by atomic mass is 10.1. The first kappa shape index (κ1) is 21.7. The summed E-state index contributed by atoms with van der Waals surface area (Å²) in [5.74, 6) is -0.0306. The molecule has 0 N–H and O–H groups in total. The van der Waals surface area contributed by atoms with Crippen molar-refractivity contribution in [2.24, 2.45) is 0 Å². The van der Waals surface area contributed by atoms with Crippen molar-refractivity contribution < 1.29 is 23.8 Å². The van der Waals surface area contributed by atoms with E-state index in [2.05, 4.69) is 33.8 Å². The largest absolute Gasteiger partial charge is 0.516 e. The van der Waals surface area contributed by atoms with Crippen LogP contribution in [0.4, 0.5) is 4.79 Å². The highest BCUT2D eigenvalue weighted by Crippen LogP contribution is 2.25. The van der Waals surface area contributed by atoms with E-state index < -0.39 is 12.1 Å². The van der Waals surface area contributed by atoms with Gasteiger partial charge in [-0.2, -0.15) is 0 Å². The molecular formula is C17H27BrO5. The SMILES string of the molecule is C=C(C)C(=O)OC(=O)OCCCCCCCOC(=C)C(C)(C)Br. The summed E-state index contributed by atoms with van der Waals surface area (Å²) in [6.45, 7) is 13.6. The maximum absolute atomic E-state index is 11.1. The second-order valence-corrected chi connectivity index (χ2v) is 7.76. The number of carbonyl (C=O) groups excluding carboxylic acids is 2. The lowest BCUT2D eigenvalue weighted by molar-refractivity contribution is -0.135. The summed E-state index contributed by atoms with van der Waals surface area (Å²) in [4.78, 5) is 22.2. The van der Waals surface area contributed by atoms with Crippen molar-refractivity contribution in [1.82, 2.24) is 0 Å². The average molecular weight is 391 g/mol. The molecule has 132 valence electrons. The lowest BCUT2D eigenvalue weighted by Gasteiger charge is -2.20. The van der Waals surface area contributed by atoms with E-state index in [0.29, 0.717) is 6.61 Å². The van der Waals surface area contributed by atoms with Gasteiger partial charge >= 0.3 is 12.1 Å². The van der Waals surface area contributed by atoms with E-state index in [1.54, 1.807) is 0 Å². The van der Waals surface area contributed by atoms with Crippen LogP contribution in [-0.2, 0) is 19.0 Å². The number of rotatable bonds is 11. The number of esters is 1. The number of unbranched alkanes of at least 4 members (excludes halogenated alkanes) is 4. The Bertz CT molecular complexity index is 423. The Kier molecular flexibility index (Phi) is 10.6. The predicted octanol–water partition coefficient (Wildman–Crippen LogP) is 4.90. The topological polar surface area (TPSA) is 61.8 Å². The number of alkyl halides is 1. The average Bonchev–Trinajstić information content (AvgIpc) is 2.43. The van der Waals surface area contributed by atoms with Crippen molar-refractivity contribution in [3.8, 4) is 0 Å². The molecule has 0 radical (unpaired) electrons. The lowest BCUT2D eigenvalue weighted by Crippen LogP contribution is -2.15. The van der Waals surface area contributed by atoms with E-state index >= 15 is 0 Å². The van der Waals surface area contributed by atoms with Crippen LogP contribution in [0.25, 0.3) is 0 Å². The zero-order chi connectivity index (χ0) is 17.9. The fourth-order valence-electron chi connectivity index (χ4n) is 1.45. The number of halogens is 1. The minimum Gasteiger partial charge on any atom is -0.497 e. The smallest absolute Gasteiger partial charge is 0.497 e. The highest BCUT2D eigenvalue weighted by molar-refractivity contribution is 9.10. The van der Waals surface area contributed by atoms with E-state index in [1.807, 2.05) is 13.8 Å². The van der Waals surface area contributed by atoms with Gasteiger partial charge < -0.3 is 14.2 Å². The standard InChI is InChI=1S/C17H27BrO5/c1-13(2)15(19)23-16(20)22-12-10-8-6-7-9-11-21-14(3)17(4,5)18/h1,3,6-12H2,2,4-5H3. The zero-order valence-corrected chi connectivity index (χ0v) is 15.9. The zero-order valence-electron chi connectivity index (χ0n) is 14.3. The molecule has 0 saturated carbocycles. The molecule has 0 amide bonds. The van der Waals surface area contributed by atoms with Gasteiger partial charge in [-0.1, -0.05) is 48.4 Å². The van der Waals surface area contributed by atoms with Crippen molar-refractivity contribution in [2.75, 3.05) is 13.2 Å². The second kappa shape index (κ2) is 11.3. The number of hydrogen-bond donors (Lipinski definition) is 0. The van der Waals surface area contributed by atoms with Gasteiger partial charge in [-0.15, -0.1) is 0 Å². The first-order valence-electron chi connectivity index (χ1n) is 7.70.